The number of benzene rings is 2. The molecule has 0 unspecified atom stereocenters. The quantitative estimate of drug-likeness (QED) is 0.743. The fraction of sp³-hybridized carbons (Fsp3) is 0.478. The van der Waals surface area contributed by atoms with E-state index >= 15 is 0 Å². The number of aliphatic hydroxyl groups excluding tert-OH is 1. The first kappa shape index (κ1) is 20.6. The summed E-state index contributed by atoms with van der Waals surface area (Å²) in [5.41, 5.74) is 3.11. The monoisotopic (exact) mass is 416 g/mol. The highest BCUT2D eigenvalue weighted by Gasteiger charge is 2.49. The maximum atomic E-state index is 10.2. The van der Waals surface area contributed by atoms with Gasteiger partial charge in [-0.1, -0.05) is 0 Å². The third-order valence-electron chi connectivity index (χ3n) is 6.32. The lowest BCUT2D eigenvalue weighted by Crippen LogP contribution is -2.31. The van der Waals surface area contributed by atoms with Gasteiger partial charge in [0, 0.05) is 24.4 Å². The summed E-state index contributed by atoms with van der Waals surface area (Å²) in [7, 11) is 8.04. The van der Waals surface area contributed by atoms with Crippen LogP contribution in [0.25, 0.3) is 0 Å². The fourth-order valence-electron chi connectivity index (χ4n) is 4.95. The smallest absolute Gasteiger partial charge is 0.203 e. The van der Waals surface area contributed by atoms with Gasteiger partial charge in [0.05, 0.1) is 48.3 Å². The van der Waals surface area contributed by atoms with E-state index in [0.29, 0.717) is 35.4 Å². The van der Waals surface area contributed by atoms with Crippen molar-refractivity contribution in [1.82, 2.24) is 0 Å². The van der Waals surface area contributed by atoms with Gasteiger partial charge >= 0.3 is 0 Å². The van der Waals surface area contributed by atoms with Crippen LogP contribution in [-0.2, 0) is 4.74 Å². The van der Waals surface area contributed by atoms with Crippen molar-refractivity contribution in [3.05, 3.63) is 41.0 Å². The Bertz CT molecular complexity index is 901. The summed E-state index contributed by atoms with van der Waals surface area (Å²) in [5, 5.41) is 10.2. The highest BCUT2D eigenvalue weighted by molar-refractivity contribution is 5.59. The van der Waals surface area contributed by atoms with Gasteiger partial charge in [0.25, 0.3) is 0 Å². The molecule has 2 bridgehead atoms. The third kappa shape index (κ3) is 3.04. The molecule has 2 aliphatic rings. The van der Waals surface area contributed by atoms with Gasteiger partial charge in [-0.3, -0.25) is 0 Å². The van der Waals surface area contributed by atoms with Crippen LogP contribution < -0.4 is 23.7 Å². The van der Waals surface area contributed by atoms with Crippen molar-refractivity contribution >= 4 is 0 Å². The molecule has 1 N–H and O–H groups in total. The molecular formula is C23H28O7. The molecule has 0 aromatic heterocycles. The van der Waals surface area contributed by atoms with Gasteiger partial charge in [-0.05, 0) is 41.0 Å². The summed E-state index contributed by atoms with van der Waals surface area (Å²) in [6.07, 6.45) is -0.173. The van der Waals surface area contributed by atoms with E-state index < -0.39 is 0 Å². The topological polar surface area (TPSA) is 75.6 Å². The van der Waals surface area contributed by atoms with Crippen LogP contribution in [0.1, 0.15) is 28.7 Å². The lowest BCUT2D eigenvalue weighted by atomic mass is 9.67. The Labute approximate surface area is 176 Å². The van der Waals surface area contributed by atoms with Crippen LogP contribution in [0.15, 0.2) is 24.3 Å². The summed E-state index contributed by atoms with van der Waals surface area (Å²) in [5.74, 6) is 3.09. The minimum atomic E-state index is -0.173. The molecule has 0 amide bonds. The van der Waals surface area contributed by atoms with Crippen molar-refractivity contribution in [2.24, 2.45) is 11.8 Å². The number of hydrogen-bond acceptors (Lipinski definition) is 7. The molecule has 7 heteroatoms. The van der Waals surface area contributed by atoms with Gasteiger partial charge in [0.2, 0.25) is 5.75 Å². The molecule has 1 fully saturated rings. The van der Waals surface area contributed by atoms with E-state index in [-0.39, 0.29) is 30.5 Å². The molecule has 1 aliphatic carbocycles. The highest BCUT2D eigenvalue weighted by atomic mass is 16.5. The number of methoxy groups -OCH3 is 5. The molecule has 1 saturated heterocycles. The highest BCUT2D eigenvalue weighted by Crippen LogP contribution is 2.57. The van der Waals surface area contributed by atoms with Crippen LogP contribution in [-0.4, -0.2) is 53.9 Å². The molecule has 4 rings (SSSR count). The number of aliphatic hydroxyl groups is 1. The first-order valence-corrected chi connectivity index (χ1v) is 9.89. The summed E-state index contributed by atoms with van der Waals surface area (Å²) in [6, 6.07) is 7.93. The molecular weight excluding hydrogens is 388 g/mol. The van der Waals surface area contributed by atoms with Gasteiger partial charge in [-0.2, -0.15) is 0 Å². The first-order chi connectivity index (χ1) is 14.6. The first-order valence-electron chi connectivity index (χ1n) is 9.89. The average Bonchev–Trinajstić information content (AvgIpc) is 3.13. The molecule has 2 aromatic rings. The molecule has 162 valence electrons. The molecule has 0 radical (unpaired) electrons. The van der Waals surface area contributed by atoms with Crippen molar-refractivity contribution in [1.29, 1.82) is 0 Å². The van der Waals surface area contributed by atoms with Crippen molar-refractivity contribution < 1.29 is 33.5 Å². The van der Waals surface area contributed by atoms with Crippen molar-refractivity contribution in [3.63, 3.8) is 0 Å². The van der Waals surface area contributed by atoms with Crippen molar-refractivity contribution in [2.75, 3.05) is 48.8 Å². The van der Waals surface area contributed by atoms with E-state index in [1.807, 2.05) is 24.3 Å². The summed E-state index contributed by atoms with van der Waals surface area (Å²) in [4.78, 5) is 0. The molecule has 1 aliphatic heterocycles. The predicted molar refractivity (Wildman–Crippen MR) is 110 cm³/mol. The van der Waals surface area contributed by atoms with Crippen molar-refractivity contribution in [2.45, 2.75) is 12.0 Å². The van der Waals surface area contributed by atoms with Crippen LogP contribution in [0.5, 0.6) is 28.7 Å². The second-order valence-electron chi connectivity index (χ2n) is 7.54. The van der Waals surface area contributed by atoms with E-state index in [4.69, 9.17) is 28.4 Å². The van der Waals surface area contributed by atoms with Crippen molar-refractivity contribution in [3.8, 4) is 28.7 Å². The summed E-state index contributed by atoms with van der Waals surface area (Å²) >= 11 is 0. The molecule has 4 atom stereocenters. The van der Waals surface area contributed by atoms with Gasteiger partial charge in [0.15, 0.2) is 23.0 Å². The molecule has 30 heavy (non-hydrogen) atoms. The van der Waals surface area contributed by atoms with E-state index in [1.54, 1.807) is 35.5 Å². The van der Waals surface area contributed by atoms with Crippen LogP contribution in [0.4, 0.5) is 0 Å². The lowest BCUT2D eigenvalue weighted by Gasteiger charge is -2.36. The van der Waals surface area contributed by atoms with Crippen LogP contribution in [0.3, 0.4) is 0 Å². The SMILES string of the molecule is COc1cc2c(cc1OC)[C@@H]1OC[C@H]([C@@H]2c2cc(OC)c(OC)c(OC)c2)[C@@H]1CO. The van der Waals surface area contributed by atoms with E-state index in [1.165, 1.54) is 0 Å². The largest absolute Gasteiger partial charge is 0.493 e. The van der Waals surface area contributed by atoms with Gasteiger partial charge < -0.3 is 33.5 Å². The zero-order chi connectivity index (χ0) is 21.4. The maximum Gasteiger partial charge on any atom is 0.203 e. The molecule has 2 aromatic carbocycles. The minimum Gasteiger partial charge on any atom is -0.493 e. The molecule has 0 spiro atoms. The second kappa shape index (κ2) is 8.24. The molecule has 1 heterocycles. The zero-order valence-corrected chi connectivity index (χ0v) is 17.9. The predicted octanol–water partition coefficient (Wildman–Crippen LogP) is 3.17. The number of fused-ring (bicyclic) bond motifs is 4. The minimum absolute atomic E-state index is 0.0142. The Kier molecular flexibility index (Phi) is 5.66. The summed E-state index contributed by atoms with van der Waals surface area (Å²) in [6.45, 7) is 0.598. The van der Waals surface area contributed by atoms with E-state index in [9.17, 15) is 5.11 Å². The van der Waals surface area contributed by atoms with Gasteiger partial charge in [0.1, 0.15) is 0 Å². The van der Waals surface area contributed by atoms with E-state index in [0.717, 1.165) is 16.7 Å². The van der Waals surface area contributed by atoms with Gasteiger partial charge in [-0.25, -0.2) is 0 Å². The number of ether oxygens (including phenoxy) is 6. The molecule has 0 saturated carbocycles. The Hall–Kier alpha value is -2.64. The third-order valence-corrected chi connectivity index (χ3v) is 6.32. The average molecular weight is 416 g/mol. The second-order valence-corrected chi connectivity index (χ2v) is 7.54. The number of rotatable bonds is 7. The Balaban J connectivity index is 1.94. The number of hydrogen-bond donors (Lipinski definition) is 1. The van der Waals surface area contributed by atoms with Gasteiger partial charge in [-0.15, -0.1) is 0 Å². The maximum absolute atomic E-state index is 10.2. The Morgan fingerprint density at radius 3 is 1.87 bits per heavy atom. The molecule has 7 nitrogen and oxygen atoms in total. The fourth-order valence-corrected chi connectivity index (χ4v) is 4.95. The van der Waals surface area contributed by atoms with Crippen LogP contribution >= 0.6 is 0 Å². The Morgan fingerprint density at radius 2 is 1.37 bits per heavy atom. The lowest BCUT2D eigenvalue weighted by molar-refractivity contribution is 0.0693. The van der Waals surface area contributed by atoms with E-state index in [2.05, 4.69) is 0 Å². The van der Waals surface area contributed by atoms with Crippen LogP contribution in [0, 0.1) is 11.8 Å². The van der Waals surface area contributed by atoms with Crippen LogP contribution in [0.2, 0.25) is 0 Å². The normalized spacial score (nSPS) is 24.2. The zero-order valence-electron chi connectivity index (χ0n) is 17.9. The summed E-state index contributed by atoms with van der Waals surface area (Å²) < 4.78 is 33.9. The standard InChI is InChI=1S/C23H28O7/c1-25-17-8-13-14(9-18(17)26-2)22-15(10-24)16(11-30-22)21(13)12-6-19(27-3)23(29-5)20(7-12)28-4/h6-9,15-16,21-22,24H,10-11H2,1-5H3/t15-,16-,21+,22-/m0/s1. The Morgan fingerprint density at radius 1 is 0.800 bits per heavy atom.